The summed E-state index contributed by atoms with van der Waals surface area (Å²) in [6.07, 6.45) is 7.16. The number of aliphatic hydroxyl groups is 1. The molecule has 0 spiro atoms. The Morgan fingerprint density at radius 2 is 1.59 bits per heavy atom. The second-order valence-corrected chi connectivity index (χ2v) is 6.18. The number of hydrogen-bond acceptors (Lipinski definition) is 2. The van der Waals surface area contributed by atoms with E-state index in [9.17, 15) is 5.11 Å². The molecule has 0 fully saturated rings. The molecule has 0 aromatic heterocycles. The molecule has 3 heteroatoms. The van der Waals surface area contributed by atoms with Crippen LogP contribution in [0, 0.1) is 0 Å². The molecular formula is C14H29ClO2. The predicted octanol–water partition coefficient (Wildman–Crippen LogP) is 4.48. The van der Waals surface area contributed by atoms with Gasteiger partial charge in [-0.15, -0.1) is 0 Å². The van der Waals surface area contributed by atoms with E-state index in [1.165, 1.54) is 12.8 Å². The Morgan fingerprint density at radius 1 is 1.06 bits per heavy atom. The Labute approximate surface area is 112 Å². The summed E-state index contributed by atoms with van der Waals surface area (Å²) in [6.45, 7) is 8.09. The summed E-state index contributed by atoms with van der Waals surface area (Å²) in [5.74, 6) is 0. The number of ether oxygens (including phenoxy) is 1. The zero-order valence-electron chi connectivity index (χ0n) is 11.8. The number of hydrogen-bond donors (Lipinski definition) is 1. The van der Waals surface area contributed by atoms with E-state index in [2.05, 4.69) is 0 Å². The lowest BCUT2D eigenvalue weighted by atomic mass is 10.1. The van der Waals surface area contributed by atoms with Gasteiger partial charge in [-0.3, -0.25) is 0 Å². The maximum Gasteiger partial charge on any atom is 0.131 e. The first kappa shape index (κ1) is 17.2. The molecule has 104 valence electrons. The minimum absolute atomic E-state index is 0.111. The molecule has 2 unspecified atom stereocenters. The lowest BCUT2D eigenvalue weighted by molar-refractivity contribution is -0.0261. The minimum Gasteiger partial charge on any atom is -0.393 e. The number of alkyl halides is 1. The van der Waals surface area contributed by atoms with Crippen molar-refractivity contribution < 1.29 is 9.84 Å². The molecule has 0 aliphatic rings. The van der Waals surface area contributed by atoms with Crippen molar-refractivity contribution in [2.75, 3.05) is 0 Å². The predicted molar refractivity (Wildman–Crippen MR) is 74.5 cm³/mol. The fraction of sp³-hybridized carbons (Fsp3) is 1.00. The van der Waals surface area contributed by atoms with Crippen molar-refractivity contribution >= 4 is 11.6 Å². The maximum absolute atomic E-state index is 9.39. The van der Waals surface area contributed by atoms with Crippen LogP contribution in [0.15, 0.2) is 0 Å². The summed E-state index contributed by atoms with van der Waals surface area (Å²) >= 11 is 6.09. The molecular weight excluding hydrogens is 236 g/mol. The average molecular weight is 265 g/mol. The van der Waals surface area contributed by atoms with Crippen LogP contribution < -0.4 is 0 Å². The van der Waals surface area contributed by atoms with Crippen molar-refractivity contribution in [3.8, 4) is 0 Å². The molecule has 0 saturated heterocycles. The molecule has 2 atom stereocenters. The highest BCUT2D eigenvalue weighted by Crippen LogP contribution is 2.19. The third kappa shape index (κ3) is 12.5. The fourth-order valence-corrected chi connectivity index (χ4v) is 2.11. The average Bonchev–Trinajstić information content (AvgIpc) is 2.20. The molecule has 0 amide bonds. The van der Waals surface area contributed by atoms with E-state index >= 15 is 0 Å². The number of rotatable bonds is 9. The number of halogens is 1. The number of aliphatic hydroxyl groups excluding tert-OH is 1. The topological polar surface area (TPSA) is 29.5 Å². The second kappa shape index (κ2) is 9.18. The van der Waals surface area contributed by atoms with Crippen LogP contribution in [0.1, 0.15) is 72.6 Å². The first-order valence-corrected chi connectivity index (χ1v) is 7.28. The van der Waals surface area contributed by atoms with Gasteiger partial charge in [0, 0.05) is 0 Å². The monoisotopic (exact) mass is 264 g/mol. The molecule has 2 nitrogen and oxygen atoms in total. The Morgan fingerprint density at radius 3 is 2.06 bits per heavy atom. The van der Waals surface area contributed by atoms with Crippen molar-refractivity contribution in [2.45, 2.75) is 89.9 Å². The highest BCUT2D eigenvalue weighted by Gasteiger charge is 2.15. The second-order valence-electron chi connectivity index (χ2n) is 5.69. The molecule has 0 saturated carbocycles. The number of unbranched alkanes of at least 4 members (excludes halogenated alkanes) is 3. The van der Waals surface area contributed by atoms with Crippen molar-refractivity contribution in [1.82, 2.24) is 0 Å². The van der Waals surface area contributed by atoms with Gasteiger partial charge >= 0.3 is 0 Å². The standard InChI is InChI=1S/C14H29ClO2/c1-5-12(16)10-8-6-7-9-11-13(15)17-14(2,3)4/h12-13,16H,5-11H2,1-4H3. The summed E-state index contributed by atoms with van der Waals surface area (Å²) in [5.41, 5.74) is -0.325. The molecule has 1 N–H and O–H groups in total. The van der Waals surface area contributed by atoms with Gasteiger partial charge in [-0.05, 0) is 46.5 Å². The summed E-state index contributed by atoms with van der Waals surface area (Å²) < 4.78 is 5.63. The SMILES string of the molecule is CCC(O)CCCCCCC(Cl)OC(C)(C)C. The summed E-state index contributed by atoms with van der Waals surface area (Å²) in [5, 5.41) is 9.39. The third-order valence-electron chi connectivity index (χ3n) is 2.67. The van der Waals surface area contributed by atoms with Crippen molar-refractivity contribution in [2.24, 2.45) is 0 Å². The molecule has 0 aromatic rings. The van der Waals surface area contributed by atoms with E-state index in [1.807, 2.05) is 27.7 Å². The highest BCUT2D eigenvalue weighted by molar-refractivity contribution is 6.19. The van der Waals surface area contributed by atoms with Crippen LogP contribution in [-0.4, -0.2) is 22.4 Å². The van der Waals surface area contributed by atoms with Crippen LogP contribution in [0.25, 0.3) is 0 Å². The Kier molecular flexibility index (Phi) is 9.29. The van der Waals surface area contributed by atoms with E-state index < -0.39 is 0 Å². The first-order chi connectivity index (χ1) is 7.85. The van der Waals surface area contributed by atoms with Gasteiger partial charge in [0.25, 0.3) is 0 Å². The van der Waals surface area contributed by atoms with E-state index in [1.54, 1.807) is 0 Å². The van der Waals surface area contributed by atoms with Gasteiger partial charge in [0.1, 0.15) is 5.56 Å². The van der Waals surface area contributed by atoms with Gasteiger partial charge < -0.3 is 9.84 Å². The van der Waals surface area contributed by atoms with E-state index in [0.29, 0.717) is 0 Å². The molecule has 0 aromatic carbocycles. The van der Waals surface area contributed by atoms with Crippen LogP contribution in [0.5, 0.6) is 0 Å². The largest absolute Gasteiger partial charge is 0.393 e. The van der Waals surface area contributed by atoms with E-state index in [0.717, 1.165) is 32.1 Å². The van der Waals surface area contributed by atoms with Gasteiger partial charge in [-0.2, -0.15) is 0 Å². The Hall–Kier alpha value is 0.210. The molecule has 0 bridgehead atoms. The van der Waals surface area contributed by atoms with Crippen molar-refractivity contribution in [1.29, 1.82) is 0 Å². The first-order valence-electron chi connectivity index (χ1n) is 6.85. The summed E-state index contributed by atoms with van der Waals surface area (Å²) in [7, 11) is 0. The fourth-order valence-electron chi connectivity index (χ4n) is 1.69. The van der Waals surface area contributed by atoms with E-state index in [4.69, 9.17) is 16.3 Å². The molecule has 0 rings (SSSR count). The van der Waals surface area contributed by atoms with Crippen LogP contribution >= 0.6 is 11.6 Å². The minimum atomic E-state index is -0.170. The van der Waals surface area contributed by atoms with Crippen LogP contribution in [0.4, 0.5) is 0 Å². The van der Waals surface area contributed by atoms with Crippen molar-refractivity contribution in [3.05, 3.63) is 0 Å². The molecule has 0 aliphatic heterocycles. The Balaban J connectivity index is 3.34. The van der Waals surface area contributed by atoms with Crippen molar-refractivity contribution in [3.63, 3.8) is 0 Å². The van der Waals surface area contributed by atoms with E-state index in [-0.39, 0.29) is 17.3 Å². The van der Waals surface area contributed by atoms with Crippen LogP contribution in [-0.2, 0) is 4.74 Å². The summed E-state index contributed by atoms with van der Waals surface area (Å²) in [4.78, 5) is 0. The third-order valence-corrected chi connectivity index (χ3v) is 2.98. The highest BCUT2D eigenvalue weighted by atomic mass is 35.5. The normalized spacial score (nSPS) is 15.9. The lowest BCUT2D eigenvalue weighted by Crippen LogP contribution is -2.24. The smallest absolute Gasteiger partial charge is 0.131 e. The van der Waals surface area contributed by atoms with Crippen LogP contribution in [0.3, 0.4) is 0 Å². The quantitative estimate of drug-likeness (QED) is 0.492. The van der Waals surface area contributed by atoms with Gasteiger partial charge in [0.05, 0.1) is 11.7 Å². The summed E-state index contributed by atoms with van der Waals surface area (Å²) in [6, 6.07) is 0. The van der Waals surface area contributed by atoms with Gasteiger partial charge in [0.15, 0.2) is 0 Å². The lowest BCUT2D eigenvalue weighted by Gasteiger charge is -2.23. The van der Waals surface area contributed by atoms with Crippen LogP contribution in [0.2, 0.25) is 0 Å². The zero-order chi connectivity index (χ0) is 13.3. The zero-order valence-corrected chi connectivity index (χ0v) is 12.6. The van der Waals surface area contributed by atoms with Gasteiger partial charge in [-0.25, -0.2) is 0 Å². The van der Waals surface area contributed by atoms with Gasteiger partial charge in [-0.1, -0.05) is 37.8 Å². The maximum atomic E-state index is 9.39. The molecule has 0 aliphatic carbocycles. The molecule has 0 heterocycles. The molecule has 17 heavy (non-hydrogen) atoms. The van der Waals surface area contributed by atoms with Gasteiger partial charge in [0.2, 0.25) is 0 Å². The molecule has 0 radical (unpaired) electrons. The Bertz CT molecular complexity index is 178.